The van der Waals surface area contributed by atoms with E-state index in [-0.39, 0.29) is 0 Å². The van der Waals surface area contributed by atoms with E-state index in [1.807, 2.05) is 18.2 Å². The molecule has 0 aromatic heterocycles. The first-order chi connectivity index (χ1) is 9.78. The van der Waals surface area contributed by atoms with Crippen molar-refractivity contribution in [3.05, 3.63) is 28.2 Å². The standard InChI is InChI=1S/C15H18BrN3O/c16-13-1-2-15(12(9-13)10-17)19-4-3-14(11-19)18-5-7-20-8-6-18/h1-2,9,14H,3-8,11H2/t14-/m0/s1. The zero-order valence-corrected chi connectivity index (χ0v) is 13.0. The van der Waals surface area contributed by atoms with Gasteiger partial charge in [-0.2, -0.15) is 5.26 Å². The van der Waals surface area contributed by atoms with Crippen molar-refractivity contribution in [2.24, 2.45) is 0 Å². The quantitative estimate of drug-likeness (QED) is 0.830. The number of nitriles is 1. The Hall–Kier alpha value is -1.09. The first-order valence-corrected chi connectivity index (χ1v) is 7.83. The molecule has 0 bridgehead atoms. The van der Waals surface area contributed by atoms with E-state index < -0.39 is 0 Å². The molecule has 5 heteroatoms. The predicted octanol–water partition coefficient (Wildman–Crippen LogP) is 2.23. The van der Waals surface area contributed by atoms with Crippen LogP contribution in [0.4, 0.5) is 5.69 Å². The molecule has 0 amide bonds. The third-order valence-corrected chi connectivity index (χ3v) is 4.64. The second-order valence-electron chi connectivity index (χ2n) is 5.31. The molecule has 4 nitrogen and oxygen atoms in total. The summed E-state index contributed by atoms with van der Waals surface area (Å²) in [5.41, 5.74) is 1.81. The summed E-state index contributed by atoms with van der Waals surface area (Å²) >= 11 is 3.43. The molecule has 2 heterocycles. The maximum Gasteiger partial charge on any atom is 0.101 e. The largest absolute Gasteiger partial charge is 0.379 e. The Kier molecular flexibility index (Phi) is 4.25. The molecule has 0 aliphatic carbocycles. The second-order valence-corrected chi connectivity index (χ2v) is 6.23. The molecular formula is C15H18BrN3O. The molecule has 0 spiro atoms. The highest BCUT2D eigenvalue weighted by Crippen LogP contribution is 2.28. The van der Waals surface area contributed by atoms with Gasteiger partial charge in [0.25, 0.3) is 0 Å². The summed E-state index contributed by atoms with van der Waals surface area (Å²) in [5.74, 6) is 0. The van der Waals surface area contributed by atoms with Crippen LogP contribution in [-0.4, -0.2) is 50.3 Å². The Morgan fingerprint density at radius 3 is 2.80 bits per heavy atom. The molecule has 0 radical (unpaired) electrons. The Bertz CT molecular complexity index is 522. The smallest absolute Gasteiger partial charge is 0.101 e. The number of halogens is 1. The summed E-state index contributed by atoms with van der Waals surface area (Å²) in [6, 6.07) is 8.85. The first-order valence-electron chi connectivity index (χ1n) is 7.04. The molecule has 3 rings (SSSR count). The van der Waals surface area contributed by atoms with Crippen LogP contribution in [0.15, 0.2) is 22.7 Å². The van der Waals surface area contributed by atoms with E-state index in [1.165, 1.54) is 6.42 Å². The zero-order valence-electron chi connectivity index (χ0n) is 11.4. The van der Waals surface area contributed by atoms with E-state index in [2.05, 4.69) is 31.8 Å². The lowest BCUT2D eigenvalue weighted by atomic mass is 10.2. The summed E-state index contributed by atoms with van der Waals surface area (Å²) in [6.45, 7) is 5.79. The van der Waals surface area contributed by atoms with E-state index in [0.29, 0.717) is 6.04 Å². The van der Waals surface area contributed by atoms with Gasteiger partial charge in [0.1, 0.15) is 6.07 Å². The minimum atomic E-state index is 0.592. The lowest BCUT2D eigenvalue weighted by molar-refractivity contribution is 0.0209. The molecule has 1 aromatic rings. The van der Waals surface area contributed by atoms with Crippen molar-refractivity contribution in [3.8, 4) is 6.07 Å². The molecule has 0 unspecified atom stereocenters. The maximum atomic E-state index is 9.29. The fourth-order valence-electron chi connectivity index (χ4n) is 3.07. The maximum absolute atomic E-state index is 9.29. The summed E-state index contributed by atoms with van der Waals surface area (Å²) in [4.78, 5) is 4.86. The predicted molar refractivity (Wildman–Crippen MR) is 81.9 cm³/mol. The minimum absolute atomic E-state index is 0.592. The van der Waals surface area contributed by atoms with Gasteiger partial charge >= 0.3 is 0 Å². The molecule has 0 N–H and O–H groups in total. The average Bonchev–Trinajstić information content (AvgIpc) is 2.97. The van der Waals surface area contributed by atoms with Crippen LogP contribution in [0.1, 0.15) is 12.0 Å². The molecule has 2 saturated heterocycles. The van der Waals surface area contributed by atoms with Crippen LogP contribution in [0.2, 0.25) is 0 Å². The van der Waals surface area contributed by atoms with Gasteiger partial charge in [0, 0.05) is 36.7 Å². The van der Waals surface area contributed by atoms with Gasteiger partial charge in [0.15, 0.2) is 0 Å². The van der Waals surface area contributed by atoms with Crippen LogP contribution in [0, 0.1) is 11.3 Å². The molecular weight excluding hydrogens is 318 g/mol. The van der Waals surface area contributed by atoms with Crippen LogP contribution in [0.5, 0.6) is 0 Å². The van der Waals surface area contributed by atoms with E-state index in [4.69, 9.17) is 4.74 Å². The highest BCUT2D eigenvalue weighted by Gasteiger charge is 2.29. The highest BCUT2D eigenvalue weighted by atomic mass is 79.9. The van der Waals surface area contributed by atoms with Crippen LogP contribution in [-0.2, 0) is 4.74 Å². The van der Waals surface area contributed by atoms with Crippen molar-refractivity contribution in [2.75, 3.05) is 44.3 Å². The van der Waals surface area contributed by atoms with E-state index >= 15 is 0 Å². The Labute approximate surface area is 128 Å². The van der Waals surface area contributed by atoms with Crippen molar-refractivity contribution in [2.45, 2.75) is 12.5 Å². The van der Waals surface area contributed by atoms with Gasteiger partial charge in [-0.3, -0.25) is 4.90 Å². The van der Waals surface area contributed by atoms with Crippen molar-refractivity contribution in [1.29, 1.82) is 5.26 Å². The first kappa shape index (κ1) is 13.9. The fourth-order valence-corrected chi connectivity index (χ4v) is 3.44. The SMILES string of the molecule is N#Cc1cc(Br)ccc1N1CC[C@H](N2CCOCC2)C1. The molecule has 2 aliphatic rings. The number of benzene rings is 1. The number of hydrogen-bond donors (Lipinski definition) is 0. The van der Waals surface area contributed by atoms with E-state index in [1.54, 1.807) is 0 Å². The highest BCUT2D eigenvalue weighted by molar-refractivity contribution is 9.10. The summed E-state index contributed by atoms with van der Waals surface area (Å²) < 4.78 is 6.38. The van der Waals surface area contributed by atoms with E-state index in [9.17, 15) is 5.26 Å². The third kappa shape index (κ3) is 2.83. The zero-order chi connectivity index (χ0) is 13.9. The normalized spacial score (nSPS) is 23.8. The molecule has 20 heavy (non-hydrogen) atoms. The number of hydrogen-bond acceptors (Lipinski definition) is 4. The fraction of sp³-hybridized carbons (Fsp3) is 0.533. The molecule has 0 saturated carbocycles. The number of morpholine rings is 1. The molecule has 2 fully saturated rings. The minimum Gasteiger partial charge on any atom is -0.379 e. The monoisotopic (exact) mass is 335 g/mol. The van der Waals surface area contributed by atoms with Crippen LogP contribution in [0.25, 0.3) is 0 Å². The second kappa shape index (κ2) is 6.13. The van der Waals surface area contributed by atoms with Gasteiger partial charge < -0.3 is 9.64 Å². The van der Waals surface area contributed by atoms with Crippen molar-refractivity contribution < 1.29 is 4.74 Å². The number of ether oxygens (including phenoxy) is 1. The van der Waals surface area contributed by atoms with Gasteiger partial charge in [-0.05, 0) is 24.6 Å². The van der Waals surface area contributed by atoms with Crippen LogP contribution >= 0.6 is 15.9 Å². The Morgan fingerprint density at radius 2 is 2.05 bits per heavy atom. The van der Waals surface area contributed by atoms with Gasteiger partial charge in [-0.1, -0.05) is 15.9 Å². The third-order valence-electron chi connectivity index (χ3n) is 4.15. The van der Waals surface area contributed by atoms with Crippen LogP contribution in [0.3, 0.4) is 0 Å². The molecule has 1 atom stereocenters. The van der Waals surface area contributed by atoms with Crippen molar-refractivity contribution in [3.63, 3.8) is 0 Å². The van der Waals surface area contributed by atoms with Gasteiger partial charge in [0.05, 0.1) is 24.5 Å². The molecule has 1 aromatic carbocycles. The Balaban J connectivity index is 1.72. The molecule has 2 aliphatic heterocycles. The summed E-state index contributed by atoms with van der Waals surface area (Å²) in [5, 5.41) is 9.29. The Morgan fingerprint density at radius 1 is 1.25 bits per heavy atom. The van der Waals surface area contributed by atoms with Crippen LogP contribution < -0.4 is 4.90 Å². The summed E-state index contributed by atoms with van der Waals surface area (Å²) in [6.07, 6.45) is 1.17. The molecule has 106 valence electrons. The van der Waals surface area contributed by atoms with Crippen molar-refractivity contribution in [1.82, 2.24) is 4.90 Å². The van der Waals surface area contributed by atoms with Gasteiger partial charge in [-0.25, -0.2) is 0 Å². The topological polar surface area (TPSA) is 39.5 Å². The van der Waals surface area contributed by atoms with Gasteiger partial charge in [0.2, 0.25) is 0 Å². The summed E-state index contributed by atoms with van der Waals surface area (Å²) in [7, 11) is 0. The van der Waals surface area contributed by atoms with E-state index in [0.717, 1.165) is 55.1 Å². The lowest BCUT2D eigenvalue weighted by Crippen LogP contribution is -2.44. The number of anilines is 1. The van der Waals surface area contributed by atoms with Crippen molar-refractivity contribution >= 4 is 21.6 Å². The van der Waals surface area contributed by atoms with Gasteiger partial charge in [-0.15, -0.1) is 0 Å². The number of nitrogens with zero attached hydrogens (tertiary/aromatic N) is 3. The average molecular weight is 336 g/mol. The number of rotatable bonds is 2. The lowest BCUT2D eigenvalue weighted by Gasteiger charge is -2.32.